The zero-order valence-electron chi connectivity index (χ0n) is 19.2. The molecule has 180 valence electrons. The Hall–Kier alpha value is -2.80. The maximum Gasteiger partial charge on any atom is 0.164 e. The van der Waals surface area contributed by atoms with E-state index in [1.165, 1.54) is 11.6 Å². The lowest BCUT2D eigenvalue weighted by Gasteiger charge is -2.32. The van der Waals surface area contributed by atoms with Crippen LogP contribution in [0.5, 0.6) is 5.75 Å². The summed E-state index contributed by atoms with van der Waals surface area (Å²) >= 11 is 0. The molecule has 0 bridgehead atoms. The van der Waals surface area contributed by atoms with E-state index in [0.717, 1.165) is 36.8 Å². The van der Waals surface area contributed by atoms with Crippen LogP contribution in [0.15, 0.2) is 72.8 Å². The highest BCUT2D eigenvalue weighted by Gasteiger charge is 2.27. The number of hydrogen-bond donors (Lipinski definition) is 1. The highest BCUT2D eigenvalue weighted by Crippen LogP contribution is 2.30. The lowest BCUT2D eigenvalue weighted by Crippen LogP contribution is -2.41. The molecular formula is C28H31F2NO3. The second-order valence-corrected chi connectivity index (χ2v) is 8.47. The molecule has 4 rings (SSSR count). The van der Waals surface area contributed by atoms with Crippen LogP contribution in [0.25, 0.3) is 0 Å². The molecule has 6 heteroatoms. The number of nitrogens with one attached hydrogen (secondary N) is 1. The summed E-state index contributed by atoms with van der Waals surface area (Å²) in [4.78, 5) is 0. The summed E-state index contributed by atoms with van der Waals surface area (Å²) in [6.45, 7) is 3.45. The Balaban J connectivity index is 1.23. The fourth-order valence-electron chi connectivity index (χ4n) is 4.17. The van der Waals surface area contributed by atoms with Gasteiger partial charge in [0.1, 0.15) is 5.75 Å². The molecule has 0 radical (unpaired) electrons. The van der Waals surface area contributed by atoms with Gasteiger partial charge in [-0.3, -0.25) is 0 Å². The fraction of sp³-hybridized carbons (Fsp3) is 0.357. The summed E-state index contributed by atoms with van der Waals surface area (Å²) in [6.07, 6.45) is 1.61. The van der Waals surface area contributed by atoms with Crippen LogP contribution in [-0.2, 0) is 22.7 Å². The largest absolute Gasteiger partial charge is 0.494 e. The first-order valence-corrected chi connectivity index (χ1v) is 11.8. The lowest BCUT2D eigenvalue weighted by molar-refractivity contribution is 0.00916. The van der Waals surface area contributed by atoms with E-state index in [2.05, 4.69) is 29.6 Å². The molecule has 1 N–H and O–H groups in total. The van der Waals surface area contributed by atoms with Crippen molar-refractivity contribution in [2.24, 2.45) is 0 Å². The predicted octanol–water partition coefficient (Wildman–Crippen LogP) is 5.61. The van der Waals surface area contributed by atoms with Gasteiger partial charge in [0.15, 0.2) is 11.6 Å². The van der Waals surface area contributed by atoms with Gasteiger partial charge in [0, 0.05) is 24.4 Å². The molecule has 0 saturated carbocycles. The van der Waals surface area contributed by atoms with Crippen LogP contribution in [0.3, 0.4) is 0 Å². The SMILES string of the molecule is Fc1cccc(COC2CNCCC2c2ccc(OCCCOCc3ccccc3)cc2)c1F. The molecule has 0 aliphatic carbocycles. The number of piperidine rings is 1. The van der Waals surface area contributed by atoms with Gasteiger partial charge in [-0.05, 0) is 42.3 Å². The molecule has 1 fully saturated rings. The Morgan fingerprint density at radius 3 is 2.50 bits per heavy atom. The third-order valence-electron chi connectivity index (χ3n) is 6.03. The number of halogens is 2. The number of ether oxygens (including phenoxy) is 3. The summed E-state index contributed by atoms with van der Waals surface area (Å²) in [5, 5.41) is 3.33. The standard InChI is InChI=1S/C28H31F2NO3/c29-26-9-4-8-23(28(26)30)20-34-27-18-31-15-14-25(27)22-10-12-24(13-11-22)33-17-5-16-32-19-21-6-2-1-3-7-21/h1-4,6-13,25,27,31H,5,14-20H2. The Morgan fingerprint density at radius 1 is 0.853 bits per heavy atom. The van der Waals surface area contributed by atoms with Gasteiger partial charge in [-0.15, -0.1) is 0 Å². The van der Waals surface area contributed by atoms with E-state index in [-0.39, 0.29) is 24.2 Å². The zero-order valence-corrected chi connectivity index (χ0v) is 19.2. The van der Waals surface area contributed by atoms with E-state index in [1.807, 2.05) is 30.3 Å². The topological polar surface area (TPSA) is 39.7 Å². The summed E-state index contributed by atoms with van der Waals surface area (Å²) < 4.78 is 45.0. The van der Waals surface area contributed by atoms with Crippen LogP contribution >= 0.6 is 0 Å². The van der Waals surface area contributed by atoms with Crippen LogP contribution in [0.2, 0.25) is 0 Å². The molecule has 34 heavy (non-hydrogen) atoms. The van der Waals surface area contributed by atoms with Gasteiger partial charge in [-0.25, -0.2) is 8.78 Å². The average Bonchev–Trinajstić information content (AvgIpc) is 2.88. The highest BCUT2D eigenvalue weighted by molar-refractivity contribution is 5.30. The molecule has 3 aromatic carbocycles. The summed E-state index contributed by atoms with van der Waals surface area (Å²) in [5.41, 5.74) is 2.56. The Labute approximate surface area is 199 Å². The molecule has 3 aromatic rings. The van der Waals surface area contributed by atoms with Crippen LogP contribution in [-0.4, -0.2) is 32.4 Å². The van der Waals surface area contributed by atoms with Crippen LogP contribution in [0.1, 0.15) is 35.4 Å². The number of benzene rings is 3. The Morgan fingerprint density at radius 2 is 1.68 bits per heavy atom. The molecule has 1 aliphatic rings. The minimum absolute atomic E-state index is 0.0416. The van der Waals surface area contributed by atoms with Gasteiger partial charge in [-0.1, -0.05) is 54.6 Å². The number of hydrogen-bond acceptors (Lipinski definition) is 4. The smallest absolute Gasteiger partial charge is 0.164 e. The van der Waals surface area contributed by atoms with Gasteiger partial charge in [-0.2, -0.15) is 0 Å². The maximum atomic E-state index is 14.0. The molecule has 0 amide bonds. The van der Waals surface area contributed by atoms with Crippen molar-refractivity contribution in [1.82, 2.24) is 5.32 Å². The molecule has 1 saturated heterocycles. The second kappa shape index (κ2) is 12.6. The van der Waals surface area contributed by atoms with Crippen LogP contribution < -0.4 is 10.1 Å². The van der Waals surface area contributed by atoms with Crippen LogP contribution in [0, 0.1) is 11.6 Å². The molecule has 2 unspecified atom stereocenters. The second-order valence-electron chi connectivity index (χ2n) is 8.47. The third kappa shape index (κ3) is 6.86. The van der Waals surface area contributed by atoms with Crippen molar-refractivity contribution in [2.75, 3.05) is 26.3 Å². The van der Waals surface area contributed by atoms with Gasteiger partial charge in [0.25, 0.3) is 0 Å². The van der Waals surface area contributed by atoms with E-state index < -0.39 is 11.6 Å². The minimum atomic E-state index is -0.849. The van der Waals surface area contributed by atoms with Gasteiger partial charge in [0.05, 0.1) is 32.5 Å². The van der Waals surface area contributed by atoms with Crippen molar-refractivity contribution in [1.29, 1.82) is 0 Å². The Kier molecular flexibility index (Phi) is 9.02. The van der Waals surface area contributed by atoms with Crippen molar-refractivity contribution in [2.45, 2.75) is 38.1 Å². The molecular weight excluding hydrogens is 436 g/mol. The molecule has 0 spiro atoms. The molecule has 1 heterocycles. The predicted molar refractivity (Wildman–Crippen MR) is 128 cm³/mol. The zero-order chi connectivity index (χ0) is 23.6. The van der Waals surface area contributed by atoms with Crippen molar-refractivity contribution in [3.8, 4) is 5.75 Å². The summed E-state index contributed by atoms with van der Waals surface area (Å²) in [7, 11) is 0. The van der Waals surface area contributed by atoms with Crippen molar-refractivity contribution >= 4 is 0 Å². The quantitative estimate of drug-likeness (QED) is 0.372. The van der Waals surface area contributed by atoms with E-state index >= 15 is 0 Å². The highest BCUT2D eigenvalue weighted by atomic mass is 19.2. The lowest BCUT2D eigenvalue weighted by atomic mass is 9.87. The maximum absolute atomic E-state index is 14.0. The minimum Gasteiger partial charge on any atom is -0.494 e. The van der Waals surface area contributed by atoms with Crippen molar-refractivity contribution < 1.29 is 23.0 Å². The number of rotatable bonds is 11. The first-order chi connectivity index (χ1) is 16.7. The Bertz CT molecular complexity index is 1010. The van der Waals surface area contributed by atoms with Gasteiger partial charge >= 0.3 is 0 Å². The van der Waals surface area contributed by atoms with Crippen LogP contribution in [0.4, 0.5) is 8.78 Å². The normalized spacial score (nSPS) is 18.1. The monoisotopic (exact) mass is 467 g/mol. The van der Waals surface area contributed by atoms with Crippen molar-refractivity contribution in [3.63, 3.8) is 0 Å². The average molecular weight is 468 g/mol. The first-order valence-electron chi connectivity index (χ1n) is 11.8. The van der Waals surface area contributed by atoms with E-state index in [0.29, 0.717) is 26.4 Å². The van der Waals surface area contributed by atoms with E-state index in [1.54, 1.807) is 6.07 Å². The van der Waals surface area contributed by atoms with Gasteiger partial charge < -0.3 is 19.5 Å². The van der Waals surface area contributed by atoms with Crippen molar-refractivity contribution in [3.05, 3.63) is 101 Å². The third-order valence-corrected chi connectivity index (χ3v) is 6.03. The summed E-state index contributed by atoms with van der Waals surface area (Å²) in [5.74, 6) is -0.689. The van der Waals surface area contributed by atoms with Gasteiger partial charge in [0.2, 0.25) is 0 Å². The molecule has 2 atom stereocenters. The summed E-state index contributed by atoms with van der Waals surface area (Å²) in [6, 6.07) is 22.4. The first kappa shape index (κ1) is 24.3. The molecule has 1 aliphatic heterocycles. The molecule has 4 nitrogen and oxygen atoms in total. The fourth-order valence-corrected chi connectivity index (χ4v) is 4.17. The van der Waals surface area contributed by atoms with E-state index in [9.17, 15) is 8.78 Å². The molecule has 0 aromatic heterocycles. The van der Waals surface area contributed by atoms with E-state index in [4.69, 9.17) is 14.2 Å².